The number of imidazole rings is 1. The fourth-order valence-corrected chi connectivity index (χ4v) is 1.37. The molecular formula is C10H14N4. The summed E-state index contributed by atoms with van der Waals surface area (Å²) < 4.78 is 1.90. The van der Waals surface area contributed by atoms with E-state index in [-0.39, 0.29) is 0 Å². The Balaban J connectivity index is 2.54. The molecule has 0 unspecified atom stereocenters. The molecule has 0 aliphatic carbocycles. The van der Waals surface area contributed by atoms with Crippen LogP contribution in [0.3, 0.4) is 0 Å². The predicted octanol–water partition coefficient (Wildman–Crippen LogP) is 1.31. The van der Waals surface area contributed by atoms with E-state index in [2.05, 4.69) is 23.8 Å². The summed E-state index contributed by atoms with van der Waals surface area (Å²) in [6.45, 7) is 4.70. The molecule has 4 nitrogen and oxygen atoms in total. The minimum atomic E-state index is 0.429. The van der Waals surface area contributed by atoms with Crippen molar-refractivity contribution in [2.45, 2.75) is 26.3 Å². The van der Waals surface area contributed by atoms with Gasteiger partial charge in [-0.1, -0.05) is 13.8 Å². The maximum atomic E-state index is 5.52. The highest BCUT2D eigenvalue weighted by atomic mass is 15.0. The number of aromatic nitrogens is 3. The Labute approximate surface area is 82.8 Å². The van der Waals surface area contributed by atoms with Crippen molar-refractivity contribution >= 4 is 5.65 Å². The van der Waals surface area contributed by atoms with Crippen molar-refractivity contribution in [2.75, 3.05) is 0 Å². The lowest BCUT2D eigenvalue weighted by Gasteiger charge is -2.02. The van der Waals surface area contributed by atoms with Gasteiger partial charge in [0, 0.05) is 24.5 Å². The molecule has 0 spiro atoms. The molecular weight excluding hydrogens is 176 g/mol. The molecule has 2 aromatic rings. The molecule has 0 amide bonds. The van der Waals surface area contributed by atoms with Gasteiger partial charge in [0.05, 0.1) is 5.69 Å². The Morgan fingerprint density at radius 2 is 2.29 bits per heavy atom. The minimum Gasteiger partial charge on any atom is -0.325 e. The second-order valence-electron chi connectivity index (χ2n) is 3.67. The Kier molecular flexibility index (Phi) is 2.21. The molecule has 0 radical (unpaired) electrons. The summed E-state index contributed by atoms with van der Waals surface area (Å²) in [5.74, 6) is 0.429. The van der Waals surface area contributed by atoms with Gasteiger partial charge in [-0.25, -0.2) is 9.97 Å². The van der Waals surface area contributed by atoms with Crippen molar-refractivity contribution in [3.05, 3.63) is 30.0 Å². The first-order chi connectivity index (χ1) is 6.70. The second kappa shape index (κ2) is 3.38. The fraction of sp³-hybridized carbons (Fsp3) is 0.400. The third-order valence-corrected chi connectivity index (χ3v) is 2.22. The first kappa shape index (κ1) is 9.15. The van der Waals surface area contributed by atoms with Crippen LogP contribution >= 0.6 is 0 Å². The van der Waals surface area contributed by atoms with Gasteiger partial charge in [-0.2, -0.15) is 0 Å². The van der Waals surface area contributed by atoms with E-state index >= 15 is 0 Å². The molecule has 0 saturated carbocycles. The Morgan fingerprint density at radius 3 is 2.93 bits per heavy atom. The van der Waals surface area contributed by atoms with Crippen molar-refractivity contribution in [3.63, 3.8) is 0 Å². The average Bonchev–Trinajstić information content (AvgIpc) is 2.58. The maximum Gasteiger partial charge on any atom is 0.140 e. The van der Waals surface area contributed by atoms with E-state index in [9.17, 15) is 0 Å². The van der Waals surface area contributed by atoms with Gasteiger partial charge in [0.15, 0.2) is 0 Å². The number of nitrogens with zero attached hydrogens (tertiary/aromatic N) is 3. The second-order valence-corrected chi connectivity index (χ2v) is 3.67. The highest BCUT2D eigenvalue weighted by molar-refractivity contribution is 5.41. The first-order valence-corrected chi connectivity index (χ1v) is 4.74. The average molecular weight is 190 g/mol. The summed E-state index contributed by atoms with van der Waals surface area (Å²) in [6, 6.07) is 2.00. The van der Waals surface area contributed by atoms with Crippen molar-refractivity contribution in [3.8, 4) is 0 Å². The molecule has 74 valence electrons. The zero-order valence-electron chi connectivity index (χ0n) is 8.44. The smallest absolute Gasteiger partial charge is 0.140 e. The zero-order chi connectivity index (χ0) is 10.1. The van der Waals surface area contributed by atoms with Gasteiger partial charge in [-0.15, -0.1) is 0 Å². The highest BCUT2D eigenvalue weighted by Gasteiger charge is 2.04. The van der Waals surface area contributed by atoms with Crippen molar-refractivity contribution in [2.24, 2.45) is 5.73 Å². The molecule has 2 heterocycles. The molecule has 4 heteroatoms. The van der Waals surface area contributed by atoms with Gasteiger partial charge in [0.25, 0.3) is 0 Å². The summed E-state index contributed by atoms with van der Waals surface area (Å²) >= 11 is 0. The monoisotopic (exact) mass is 190 g/mol. The highest BCUT2D eigenvalue weighted by Crippen LogP contribution is 2.13. The van der Waals surface area contributed by atoms with Gasteiger partial charge in [0.2, 0.25) is 0 Å². The summed E-state index contributed by atoms with van der Waals surface area (Å²) in [4.78, 5) is 8.71. The number of hydrogen-bond acceptors (Lipinski definition) is 3. The summed E-state index contributed by atoms with van der Waals surface area (Å²) in [5, 5.41) is 0. The van der Waals surface area contributed by atoms with Crippen molar-refractivity contribution < 1.29 is 0 Å². The van der Waals surface area contributed by atoms with Crippen LogP contribution in [0.5, 0.6) is 0 Å². The van der Waals surface area contributed by atoms with Crippen LogP contribution in [0.2, 0.25) is 0 Å². The lowest BCUT2D eigenvalue weighted by molar-refractivity contribution is 0.811. The topological polar surface area (TPSA) is 56.2 Å². The number of hydrogen-bond donors (Lipinski definition) is 1. The Hall–Kier alpha value is -1.42. The van der Waals surface area contributed by atoms with Crippen LogP contribution in [0.1, 0.15) is 31.2 Å². The molecule has 0 bridgehead atoms. The van der Waals surface area contributed by atoms with Gasteiger partial charge in [-0.05, 0) is 5.92 Å². The minimum absolute atomic E-state index is 0.429. The van der Waals surface area contributed by atoms with Crippen LogP contribution in [0, 0.1) is 0 Å². The standard InChI is InChI=1S/C10H14N4/c1-7(2)9-3-10-13-8(4-11)5-14(10)6-12-9/h3,5-7H,4,11H2,1-2H3. The maximum absolute atomic E-state index is 5.52. The van der Waals surface area contributed by atoms with Gasteiger partial charge in [-0.3, -0.25) is 4.40 Å². The van der Waals surface area contributed by atoms with Crippen LogP contribution in [0.4, 0.5) is 0 Å². The van der Waals surface area contributed by atoms with E-state index in [0.717, 1.165) is 17.0 Å². The lowest BCUT2D eigenvalue weighted by atomic mass is 10.1. The number of rotatable bonds is 2. The first-order valence-electron chi connectivity index (χ1n) is 4.74. The quantitative estimate of drug-likeness (QED) is 0.776. The van der Waals surface area contributed by atoms with Crippen LogP contribution in [0.25, 0.3) is 5.65 Å². The van der Waals surface area contributed by atoms with E-state index in [4.69, 9.17) is 5.73 Å². The van der Waals surface area contributed by atoms with E-state index in [1.165, 1.54) is 0 Å². The van der Waals surface area contributed by atoms with E-state index < -0.39 is 0 Å². The van der Waals surface area contributed by atoms with E-state index in [0.29, 0.717) is 12.5 Å². The van der Waals surface area contributed by atoms with Gasteiger partial charge < -0.3 is 5.73 Å². The van der Waals surface area contributed by atoms with Crippen LogP contribution < -0.4 is 5.73 Å². The molecule has 2 rings (SSSR count). The van der Waals surface area contributed by atoms with E-state index in [1.54, 1.807) is 6.33 Å². The SMILES string of the molecule is CC(C)c1cc2nc(CN)cn2cn1. The van der Waals surface area contributed by atoms with Crippen molar-refractivity contribution in [1.82, 2.24) is 14.4 Å². The van der Waals surface area contributed by atoms with Gasteiger partial charge in [0.1, 0.15) is 12.0 Å². The molecule has 0 aliphatic heterocycles. The van der Waals surface area contributed by atoms with Crippen LogP contribution in [-0.2, 0) is 6.54 Å². The molecule has 0 fully saturated rings. The van der Waals surface area contributed by atoms with E-state index in [1.807, 2.05) is 16.7 Å². The Morgan fingerprint density at radius 1 is 1.50 bits per heavy atom. The number of nitrogens with two attached hydrogens (primary N) is 1. The summed E-state index contributed by atoms with van der Waals surface area (Å²) in [5.41, 5.74) is 8.39. The zero-order valence-corrected chi connectivity index (χ0v) is 8.44. The summed E-state index contributed by atoms with van der Waals surface area (Å²) in [6.07, 6.45) is 3.70. The number of fused-ring (bicyclic) bond motifs is 1. The van der Waals surface area contributed by atoms with Crippen LogP contribution in [0.15, 0.2) is 18.6 Å². The molecule has 2 aromatic heterocycles. The molecule has 0 aromatic carbocycles. The Bertz CT molecular complexity index is 444. The molecule has 0 atom stereocenters. The van der Waals surface area contributed by atoms with Crippen LogP contribution in [-0.4, -0.2) is 14.4 Å². The van der Waals surface area contributed by atoms with Crippen molar-refractivity contribution in [1.29, 1.82) is 0 Å². The third-order valence-electron chi connectivity index (χ3n) is 2.22. The molecule has 2 N–H and O–H groups in total. The largest absolute Gasteiger partial charge is 0.325 e. The summed E-state index contributed by atoms with van der Waals surface area (Å²) in [7, 11) is 0. The normalized spacial score (nSPS) is 11.4. The fourth-order valence-electron chi connectivity index (χ4n) is 1.37. The predicted molar refractivity (Wildman–Crippen MR) is 55.0 cm³/mol. The third kappa shape index (κ3) is 1.48. The lowest BCUT2D eigenvalue weighted by Crippen LogP contribution is -1.95. The molecule has 0 saturated heterocycles. The molecule has 0 aliphatic rings. The molecule has 14 heavy (non-hydrogen) atoms. The van der Waals surface area contributed by atoms with Gasteiger partial charge >= 0.3 is 0 Å².